The third-order valence-corrected chi connectivity index (χ3v) is 3.73. The molecule has 0 amide bonds. The molecule has 0 bridgehead atoms. The number of benzene rings is 2. The van der Waals surface area contributed by atoms with E-state index in [4.69, 9.17) is 0 Å². The van der Waals surface area contributed by atoms with Crippen LogP contribution in [0.3, 0.4) is 0 Å². The topological polar surface area (TPSA) is 46.2 Å². The molecule has 2 rings (SSSR count). The van der Waals surface area contributed by atoms with Gasteiger partial charge in [0.15, 0.2) is 11.6 Å². The van der Waals surface area contributed by atoms with E-state index in [-0.39, 0.29) is 6.07 Å². The fourth-order valence-electron chi connectivity index (χ4n) is 1.52. The van der Waals surface area contributed by atoms with E-state index in [2.05, 4.69) is 0 Å². The van der Waals surface area contributed by atoms with Crippen molar-refractivity contribution in [3.63, 3.8) is 0 Å². The Balaban J connectivity index is 2.47. The fraction of sp³-hybridized carbons (Fsp3) is 0. The van der Waals surface area contributed by atoms with E-state index in [1.165, 1.54) is 4.72 Å². The molecule has 1 N–H and O–H groups in total. The van der Waals surface area contributed by atoms with Crippen LogP contribution in [0.2, 0.25) is 0 Å². The van der Waals surface area contributed by atoms with Crippen LogP contribution in [0.1, 0.15) is 0 Å². The maximum atomic E-state index is 13.4. The zero-order chi connectivity index (χ0) is 15.8. The first-order valence-corrected chi connectivity index (χ1v) is 6.81. The molecule has 0 aliphatic carbocycles. The molecular weight excluding hydrogens is 317 g/mol. The summed E-state index contributed by atoms with van der Waals surface area (Å²) >= 11 is 0. The Labute approximate surface area is 116 Å². The Morgan fingerprint density at radius 3 is 1.86 bits per heavy atom. The summed E-state index contributed by atoms with van der Waals surface area (Å²) in [4.78, 5) is -0.857. The van der Waals surface area contributed by atoms with E-state index in [0.29, 0.717) is 24.3 Å². The zero-order valence-corrected chi connectivity index (χ0v) is 10.8. The van der Waals surface area contributed by atoms with Gasteiger partial charge in [-0.05, 0) is 12.1 Å². The van der Waals surface area contributed by atoms with Crippen molar-refractivity contribution in [1.82, 2.24) is 0 Å². The molecule has 0 saturated carbocycles. The highest BCUT2D eigenvalue weighted by Crippen LogP contribution is 2.23. The van der Waals surface area contributed by atoms with E-state index in [0.717, 1.165) is 0 Å². The van der Waals surface area contributed by atoms with Gasteiger partial charge in [0.05, 0.1) is 10.6 Å². The molecule has 0 unspecified atom stereocenters. The first kappa shape index (κ1) is 15.2. The second kappa shape index (κ2) is 5.32. The van der Waals surface area contributed by atoms with Crippen molar-refractivity contribution >= 4 is 15.7 Å². The predicted molar refractivity (Wildman–Crippen MR) is 63.5 cm³/mol. The third kappa shape index (κ3) is 3.30. The van der Waals surface area contributed by atoms with Gasteiger partial charge in [0, 0.05) is 18.2 Å². The Bertz CT molecular complexity index is 787. The van der Waals surface area contributed by atoms with E-state index in [1.54, 1.807) is 0 Å². The summed E-state index contributed by atoms with van der Waals surface area (Å²) in [6, 6.07) is 1.99. The van der Waals surface area contributed by atoms with Crippen LogP contribution < -0.4 is 4.72 Å². The van der Waals surface area contributed by atoms with Gasteiger partial charge in [-0.15, -0.1) is 0 Å². The van der Waals surface area contributed by atoms with Crippen LogP contribution in [0, 0.1) is 29.1 Å². The van der Waals surface area contributed by atoms with Crippen molar-refractivity contribution in [3.8, 4) is 0 Å². The molecule has 0 radical (unpaired) electrons. The van der Waals surface area contributed by atoms with Gasteiger partial charge in [0.25, 0.3) is 10.0 Å². The summed E-state index contributed by atoms with van der Waals surface area (Å²) in [6.07, 6.45) is 0. The number of hydrogen-bond donors (Lipinski definition) is 1. The summed E-state index contributed by atoms with van der Waals surface area (Å²) in [5.41, 5.74) is -1.02. The summed E-state index contributed by atoms with van der Waals surface area (Å²) in [5.74, 6) is -6.84. The lowest BCUT2D eigenvalue weighted by Gasteiger charge is -2.10. The molecule has 0 aliphatic heterocycles. The summed E-state index contributed by atoms with van der Waals surface area (Å²) in [5, 5.41) is 0. The maximum Gasteiger partial charge on any atom is 0.262 e. The lowest BCUT2D eigenvalue weighted by Crippen LogP contribution is -2.15. The summed E-state index contributed by atoms with van der Waals surface area (Å²) in [6.45, 7) is 0. The molecule has 2 aromatic carbocycles. The van der Waals surface area contributed by atoms with Gasteiger partial charge in [-0.25, -0.2) is 30.4 Å². The van der Waals surface area contributed by atoms with Crippen molar-refractivity contribution in [2.45, 2.75) is 4.90 Å². The second-order valence-corrected chi connectivity index (χ2v) is 5.64. The molecule has 21 heavy (non-hydrogen) atoms. The number of nitrogens with one attached hydrogen (secondary N) is 1. The summed E-state index contributed by atoms with van der Waals surface area (Å²) in [7, 11) is -4.62. The van der Waals surface area contributed by atoms with Gasteiger partial charge in [-0.3, -0.25) is 4.72 Å². The van der Waals surface area contributed by atoms with Gasteiger partial charge in [-0.1, -0.05) is 0 Å². The Hall–Kier alpha value is -2.16. The van der Waals surface area contributed by atoms with Crippen LogP contribution >= 0.6 is 0 Å². The number of sulfonamides is 1. The van der Waals surface area contributed by atoms with Crippen LogP contribution in [0.15, 0.2) is 35.2 Å². The molecule has 0 spiro atoms. The van der Waals surface area contributed by atoms with Crippen LogP contribution in [0.5, 0.6) is 0 Å². The van der Waals surface area contributed by atoms with E-state index < -0.39 is 49.7 Å². The molecule has 112 valence electrons. The predicted octanol–water partition coefficient (Wildman–Crippen LogP) is 3.18. The highest BCUT2D eigenvalue weighted by Gasteiger charge is 2.20. The van der Waals surface area contributed by atoms with Crippen LogP contribution in [0.25, 0.3) is 0 Å². The van der Waals surface area contributed by atoms with Gasteiger partial charge in [0.1, 0.15) is 17.5 Å². The zero-order valence-electron chi connectivity index (χ0n) is 10.0. The Morgan fingerprint density at radius 2 is 1.29 bits per heavy atom. The van der Waals surface area contributed by atoms with Gasteiger partial charge < -0.3 is 0 Å². The Kier molecular flexibility index (Phi) is 3.86. The first-order valence-electron chi connectivity index (χ1n) is 5.32. The molecule has 0 fully saturated rings. The highest BCUT2D eigenvalue weighted by atomic mass is 32.2. The standard InChI is InChI=1S/C12H6F5NO2S/c13-6-1-7(14)3-9(2-6)21(19,20)18-11-5-8(15)4-10(16)12(11)17/h1-5,18H. The van der Waals surface area contributed by atoms with Crippen molar-refractivity contribution in [2.75, 3.05) is 4.72 Å². The fourth-order valence-corrected chi connectivity index (χ4v) is 2.61. The molecule has 0 heterocycles. The number of rotatable bonds is 3. The largest absolute Gasteiger partial charge is 0.276 e. The Morgan fingerprint density at radius 1 is 0.762 bits per heavy atom. The lowest BCUT2D eigenvalue weighted by molar-refractivity contribution is 0.498. The number of anilines is 1. The molecule has 0 atom stereocenters. The molecule has 3 nitrogen and oxygen atoms in total. The molecule has 0 aliphatic rings. The molecular formula is C12H6F5NO2S. The number of halogens is 5. The quantitative estimate of drug-likeness (QED) is 0.696. The van der Waals surface area contributed by atoms with Crippen LogP contribution in [0.4, 0.5) is 27.6 Å². The second-order valence-electron chi connectivity index (χ2n) is 3.96. The summed E-state index contributed by atoms with van der Waals surface area (Å²) < 4.78 is 90.4. The van der Waals surface area contributed by atoms with Crippen molar-refractivity contribution in [2.24, 2.45) is 0 Å². The average Bonchev–Trinajstić information content (AvgIpc) is 2.33. The normalized spacial score (nSPS) is 11.5. The van der Waals surface area contributed by atoms with E-state index >= 15 is 0 Å². The van der Waals surface area contributed by atoms with Gasteiger partial charge in [0.2, 0.25) is 0 Å². The maximum absolute atomic E-state index is 13.4. The smallest absolute Gasteiger partial charge is 0.262 e. The van der Waals surface area contributed by atoms with Crippen LogP contribution in [-0.4, -0.2) is 8.42 Å². The van der Waals surface area contributed by atoms with Crippen LogP contribution in [-0.2, 0) is 10.0 Å². The highest BCUT2D eigenvalue weighted by molar-refractivity contribution is 7.92. The lowest BCUT2D eigenvalue weighted by atomic mass is 10.3. The molecule has 9 heteroatoms. The molecule has 0 aromatic heterocycles. The minimum atomic E-state index is -4.62. The van der Waals surface area contributed by atoms with Crippen molar-refractivity contribution < 1.29 is 30.4 Å². The van der Waals surface area contributed by atoms with Gasteiger partial charge >= 0.3 is 0 Å². The molecule has 0 saturated heterocycles. The minimum absolute atomic E-state index is 0.217. The molecule has 2 aromatic rings. The number of hydrogen-bond acceptors (Lipinski definition) is 2. The third-order valence-electron chi connectivity index (χ3n) is 2.38. The van der Waals surface area contributed by atoms with E-state index in [1.807, 2.05) is 0 Å². The average molecular weight is 323 g/mol. The SMILES string of the molecule is O=S(=O)(Nc1cc(F)cc(F)c1F)c1cc(F)cc(F)c1. The van der Waals surface area contributed by atoms with Crippen molar-refractivity contribution in [3.05, 3.63) is 59.4 Å². The van der Waals surface area contributed by atoms with Gasteiger partial charge in [-0.2, -0.15) is 0 Å². The first-order chi connectivity index (χ1) is 9.69. The van der Waals surface area contributed by atoms with E-state index in [9.17, 15) is 30.4 Å². The van der Waals surface area contributed by atoms with Crippen molar-refractivity contribution in [1.29, 1.82) is 0 Å². The minimum Gasteiger partial charge on any atom is -0.276 e. The monoisotopic (exact) mass is 323 g/mol.